The number of aryl methyl sites for hydroxylation is 1. The molecule has 7 nitrogen and oxygen atoms in total. The number of nitrogens with zero attached hydrogens (tertiary/aromatic N) is 4. The molecule has 6 rings (SSSR count). The quantitative estimate of drug-likeness (QED) is 0.460. The fraction of sp³-hybridized carbons (Fsp3) is 0.321. The van der Waals surface area contributed by atoms with Gasteiger partial charge in [0.1, 0.15) is 12.4 Å². The van der Waals surface area contributed by atoms with Gasteiger partial charge in [-0.3, -0.25) is 9.67 Å². The van der Waals surface area contributed by atoms with Crippen LogP contribution in [0.25, 0.3) is 22.2 Å². The standard InChI is InChI=1S/C28H29N5O2/c1-2-29-27(34)32-12-10-28(19-32)11-13-33-26(28)16-25(31-33)22-14-21-15-23(8-9-24(21)30-17-22)35-18-20-6-4-3-5-7-20/h3-9,14-17H,2,10-13,18-19H2,1H3,(H,29,34). The lowest BCUT2D eigenvalue weighted by molar-refractivity contribution is 0.206. The molecule has 0 radical (unpaired) electrons. The first-order valence-corrected chi connectivity index (χ1v) is 12.3. The summed E-state index contributed by atoms with van der Waals surface area (Å²) in [5.41, 5.74) is 5.23. The Morgan fingerprint density at radius 1 is 1.09 bits per heavy atom. The number of pyridine rings is 1. The summed E-state index contributed by atoms with van der Waals surface area (Å²) in [7, 11) is 0. The molecule has 2 aliphatic heterocycles. The van der Waals surface area contributed by atoms with Crippen LogP contribution in [0, 0.1) is 0 Å². The van der Waals surface area contributed by atoms with Crippen molar-refractivity contribution in [2.45, 2.75) is 38.3 Å². The molecule has 1 fully saturated rings. The number of hydrogen-bond donors (Lipinski definition) is 1. The van der Waals surface area contributed by atoms with Gasteiger partial charge in [-0.15, -0.1) is 0 Å². The van der Waals surface area contributed by atoms with Crippen molar-refractivity contribution >= 4 is 16.9 Å². The molecule has 1 unspecified atom stereocenters. The largest absolute Gasteiger partial charge is 0.489 e. The van der Waals surface area contributed by atoms with E-state index < -0.39 is 0 Å². The number of hydrogen-bond acceptors (Lipinski definition) is 4. The van der Waals surface area contributed by atoms with Crippen molar-refractivity contribution in [2.24, 2.45) is 0 Å². The summed E-state index contributed by atoms with van der Waals surface area (Å²) in [6.45, 7) is 5.56. The summed E-state index contributed by atoms with van der Waals surface area (Å²) in [5, 5.41) is 8.88. The molecule has 0 aliphatic carbocycles. The summed E-state index contributed by atoms with van der Waals surface area (Å²) in [6, 6.07) is 20.5. The highest BCUT2D eigenvalue weighted by molar-refractivity contribution is 5.84. The Morgan fingerprint density at radius 2 is 1.94 bits per heavy atom. The zero-order chi connectivity index (χ0) is 23.8. The molecule has 1 N–H and O–H groups in total. The average molecular weight is 468 g/mol. The predicted molar refractivity (Wildman–Crippen MR) is 135 cm³/mol. The van der Waals surface area contributed by atoms with Crippen LogP contribution in [0.2, 0.25) is 0 Å². The summed E-state index contributed by atoms with van der Waals surface area (Å²) >= 11 is 0. The van der Waals surface area contributed by atoms with Crippen molar-refractivity contribution in [1.29, 1.82) is 0 Å². The van der Waals surface area contributed by atoms with E-state index in [0.29, 0.717) is 13.2 Å². The molecule has 1 spiro atoms. The van der Waals surface area contributed by atoms with Gasteiger partial charge in [0.25, 0.3) is 0 Å². The topological polar surface area (TPSA) is 72.3 Å². The number of benzene rings is 2. The van der Waals surface area contributed by atoms with Crippen molar-refractivity contribution in [3.05, 3.63) is 78.1 Å². The Bertz CT molecular complexity index is 1380. The van der Waals surface area contributed by atoms with Crippen molar-refractivity contribution < 1.29 is 9.53 Å². The van der Waals surface area contributed by atoms with Gasteiger partial charge in [0.2, 0.25) is 0 Å². The first-order chi connectivity index (χ1) is 17.1. The lowest BCUT2D eigenvalue weighted by Crippen LogP contribution is -2.40. The number of urea groups is 1. The van der Waals surface area contributed by atoms with E-state index in [1.807, 2.05) is 54.4 Å². The highest BCUT2D eigenvalue weighted by Crippen LogP contribution is 2.43. The lowest BCUT2D eigenvalue weighted by Gasteiger charge is -2.23. The van der Waals surface area contributed by atoms with Gasteiger partial charge in [-0.2, -0.15) is 5.10 Å². The highest BCUT2D eigenvalue weighted by atomic mass is 16.5. The molecule has 1 saturated heterocycles. The summed E-state index contributed by atoms with van der Waals surface area (Å²) in [5.74, 6) is 0.822. The molecule has 1 atom stereocenters. The van der Waals surface area contributed by atoms with Gasteiger partial charge in [-0.25, -0.2) is 4.79 Å². The Morgan fingerprint density at radius 3 is 2.80 bits per heavy atom. The van der Waals surface area contributed by atoms with Gasteiger partial charge in [0.15, 0.2) is 0 Å². The predicted octanol–water partition coefficient (Wildman–Crippen LogP) is 4.75. The molecule has 2 aliphatic rings. The third-order valence-electron chi connectivity index (χ3n) is 7.29. The SMILES string of the molecule is CCNC(=O)N1CCC2(CCn3nc(-c4cnc5ccc(OCc6ccccc6)cc5c4)cc32)C1. The van der Waals surface area contributed by atoms with Gasteiger partial charge >= 0.3 is 6.03 Å². The van der Waals surface area contributed by atoms with Crippen LogP contribution in [-0.2, 0) is 18.6 Å². The van der Waals surface area contributed by atoms with Gasteiger partial charge in [0.05, 0.1) is 11.2 Å². The van der Waals surface area contributed by atoms with E-state index >= 15 is 0 Å². The van der Waals surface area contributed by atoms with Crippen molar-refractivity contribution in [3.63, 3.8) is 0 Å². The smallest absolute Gasteiger partial charge is 0.317 e. The number of amides is 2. The normalized spacial score (nSPS) is 18.8. The number of carbonyl (C=O) groups is 1. The maximum Gasteiger partial charge on any atom is 0.317 e. The van der Waals surface area contributed by atoms with Gasteiger partial charge in [0, 0.05) is 54.4 Å². The second kappa shape index (κ2) is 8.73. The molecule has 4 aromatic rings. The number of ether oxygens (including phenoxy) is 1. The van der Waals surface area contributed by atoms with Crippen LogP contribution >= 0.6 is 0 Å². The van der Waals surface area contributed by atoms with Crippen LogP contribution in [0.15, 0.2) is 66.9 Å². The molecule has 4 heterocycles. The number of carbonyl (C=O) groups excluding carboxylic acids is 1. The fourth-order valence-corrected chi connectivity index (χ4v) is 5.41. The molecule has 0 saturated carbocycles. The van der Waals surface area contributed by atoms with Crippen LogP contribution in [0.5, 0.6) is 5.75 Å². The van der Waals surface area contributed by atoms with Crippen molar-refractivity contribution in [1.82, 2.24) is 25.0 Å². The van der Waals surface area contributed by atoms with E-state index in [2.05, 4.69) is 39.2 Å². The molecule has 2 aromatic carbocycles. The molecule has 2 amide bonds. The number of fused-ring (bicyclic) bond motifs is 3. The summed E-state index contributed by atoms with van der Waals surface area (Å²) in [4.78, 5) is 19.0. The van der Waals surface area contributed by atoms with E-state index in [1.165, 1.54) is 5.69 Å². The molecular formula is C28H29N5O2. The third-order valence-corrected chi connectivity index (χ3v) is 7.29. The third kappa shape index (κ3) is 4.01. The molecule has 35 heavy (non-hydrogen) atoms. The fourth-order valence-electron chi connectivity index (χ4n) is 5.41. The second-order valence-corrected chi connectivity index (χ2v) is 9.53. The van der Waals surface area contributed by atoms with Gasteiger partial charge in [-0.1, -0.05) is 30.3 Å². The number of likely N-dealkylation sites (tertiary alicyclic amines) is 1. The Labute approximate surface area is 204 Å². The van der Waals surface area contributed by atoms with Crippen molar-refractivity contribution in [2.75, 3.05) is 19.6 Å². The Balaban J connectivity index is 1.24. The van der Waals surface area contributed by atoms with Crippen LogP contribution in [0.1, 0.15) is 31.0 Å². The maximum absolute atomic E-state index is 12.4. The Kier molecular flexibility index (Phi) is 5.40. The zero-order valence-corrected chi connectivity index (χ0v) is 19.9. The Hall–Kier alpha value is -3.87. The van der Waals surface area contributed by atoms with E-state index in [1.54, 1.807) is 0 Å². The number of nitrogens with one attached hydrogen (secondary N) is 1. The zero-order valence-electron chi connectivity index (χ0n) is 19.9. The first-order valence-electron chi connectivity index (χ1n) is 12.3. The molecule has 178 valence electrons. The van der Waals surface area contributed by atoms with E-state index in [4.69, 9.17) is 9.84 Å². The van der Waals surface area contributed by atoms with Crippen LogP contribution < -0.4 is 10.1 Å². The monoisotopic (exact) mass is 467 g/mol. The minimum atomic E-state index is -0.000936. The summed E-state index contributed by atoms with van der Waals surface area (Å²) < 4.78 is 8.15. The number of aromatic nitrogens is 3. The van der Waals surface area contributed by atoms with E-state index in [0.717, 1.165) is 65.9 Å². The van der Waals surface area contributed by atoms with Gasteiger partial charge < -0.3 is 15.0 Å². The first kappa shape index (κ1) is 21.6. The minimum Gasteiger partial charge on any atom is -0.489 e. The summed E-state index contributed by atoms with van der Waals surface area (Å²) in [6.07, 6.45) is 3.91. The van der Waals surface area contributed by atoms with E-state index in [-0.39, 0.29) is 11.4 Å². The van der Waals surface area contributed by atoms with Crippen LogP contribution in [0.4, 0.5) is 4.79 Å². The second-order valence-electron chi connectivity index (χ2n) is 9.53. The van der Waals surface area contributed by atoms with Crippen LogP contribution in [0.3, 0.4) is 0 Å². The van der Waals surface area contributed by atoms with Crippen molar-refractivity contribution in [3.8, 4) is 17.0 Å². The molecule has 2 aromatic heterocycles. The van der Waals surface area contributed by atoms with Crippen LogP contribution in [-0.4, -0.2) is 45.3 Å². The highest BCUT2D eigenvalue weighted by Gasteiger charge is 2.46. The molecule has 0 bridgehead atoms. The molecule has 7 heteroatoms. The average Bonchev–Trinajstić information content (AvgIpc) is 3.60. The van der Waals surface area contributed by atoms with E-state index in [9.17, 15) is 4.79 Å². The maximum atomic E-state index is 12.4. The van der Waals surface area contributed by atoms with Gasteiger partial charge in [-0.05, 0) is 55.7 Å². The molecular weight excluding hydrogens is 438 g/mol. The number of rotatable bonds is 5. The lowest BCUT2D eigenvalue weighted by atomic mass is 9.82. The minimum absolute atomic E-state index is 0.000936.